The number of urea groups is 1. The first-order valence-electron chi connectivity index (χ1n) is 7.96. The van der Waals surface area contributed by atoms with Crippen molar-refractivity contribution in [3.05, 3.63) is 35.4 Å². The van der Waals surface area contributed by atoms with Gasteiger partial charge in [0.2, 0.25) is 0 Å². The molecular weight excluding hydrogens is 302 g/mol. The molecule has 0 saturated carbocycles. The minimum Gasteiger partial charge on any atom is -0.383 e. The number of benzene rings is 1. The van der Waals surface area contributed by atoms with Crippen molar-refractivity contribution in [3.63, 3.8) is 0 Å². The van der Waals surface area contributed by atoms with E-state index in [2.05, 4.69) is 5.32 Å². The van der Waals surface area contributed by atoms with Gasteiger partial charge in [-0.1, -0.05) is 6.07 Å². The van der Waals surface area contributed by atoms with E-state index in [0.717, 1.165) is 31.4 Å². The first-order chi connectivity index (χ1) is 10.7. The van der Waals surface area contributed by atoms with Gasteiger partial charge in [0.05, 0.1) is 6.54 Å². The van der Waals surface area contributed by atoms with Gasteiger partial charge in [0.25, 0.3) is 0 Å². The lowest BCUT2D eigenvalue weighted by Gasteiger charge is -2.39. The van der Waals surface area contributed by atoms with Crippen LogP contribution in [0.3, 0.4) is 0 Å². The molecular formula is C17H24F2N2O2. The fourth-order valence-electron chi connectivity index (χ4n) is 3.18. The number of likely N-dealkylation sites (tertiary alicyclic amines) is 1. The highest BCUT2D eigenvalue weighted by atomic mass is 19.1. The van der Waals surface area contributed by atoms with Crippen LogP contribution in [-0.4, -0.2) is 34.7 Å². The number of amides is 2. The lowest BCUT2D eigenvalue weighted by atomic mass is 9.95. The third-order valence-corrected chi connectivity index (χ3v) is 4.52. The van der Waals surface area contributed by atoms with Crippen LogP contribution in [0.1, 0.15) is 45.6 Å². The SMILES string of the molecule is CC1CCCC(C)N1C(=O)NCC(C)(O)c1ccc(F)cc1F. The van der Waals surface area contributed by atoms with Crippen molar-refractivity contribution in [2.45, 2.75) is 57.7 Å². The van der Waals surface area contributed by atoms with Gasteiger partial charge in [-0.3, -0.25) is 0 Å². The summed E-state index contributed by atoms with van der Waals surface area (Å²) in [5, 5.41) is 13.1. The van der Waals surface area contributed by atoms with E-state index >= 15 is 0 Å². The van der Waals surface area contributed by atoms with Gasteiger partial charge in [0.15, 0.2) is 0 Å². The predicted octanol–water partition coefficient (Wildman–Crippen LogP) is 3.14. The fourth-order valence-corrected chi connectivity index (χ4v) is 3.18. The van der Waals surface area contributed by atoms with Crippen LogP contribution < -0.4 is 5.32 Å². The Balaban J connectivity index is 2.04. The van der Waals surface area contributed by atoms with Gasteiger partial charge in [0.1, 0.15) is 17.2 Å². The number of aliphatic hydroxyl groups is 1. The van der Waals surface area contributed by atoms with Crippen molar-refractivity contribution < 1.29 is 18.7 Å². The Morgan fingerprint density at radius 2 is 1.96 bits per heavy atom. The average molecular weight is 326 g/mol. The topological polar surface area (TPSA) is 52.6 Å². The van der Waals surface area contributed by atoms with Gasteiger partial charge in [-0.25, -0.2) is 13.6 Å². The molecule has 128 valence electrons. The molecule has 0 aromatic heterocycles. The first kappa shape index (κ1) is 17.7. The summed E-state index contributed by atoms with van der Waals surface area (Å²) in [4.78, 5) is 14.2. The molecule has 23 heavy (non-hydrogen) atoms. The maximum Gasteiger partial charge on any atom is 0.317 e. The molecule has 2 N–H and O–H groups in total. The molecule has 0 aliphatic carbocycles. The second-order valence-electron chi connectivity index (χ2n) is 6.59. The van der Waals surface area contributed by atoms with E-state index in [1.807, 2.05) is 13.8 Å². The van der Waals surface area contributed by atoms with E-state index in [1.165, 1.54) is 13.0 Å². The Bertz CT molecular complexity index is 568. The van der Waals surface area contributed by atoms with Crippen LogP contribution in [0.15, 0.2) is 18.2 Å². The van der Waals surface area contributed by atoms with Crippen LogP contribution in [0.25, 0.3) is 0 Å². The Labute approximate surface area is 135 Å². The molecule has 2 rings (SSSR count). The highest BCUT2D eigenvalue weighted by Gasteiger charge is 2.32. The monoisotopic (exact) mass is 326 g/mol. The third-order valence-electron chi connectivity index (χ3n) is 4.52. The van der Waals surface area contributed by atoms with Crippen molar-refractivity contribution in [2.24, 2.45) is 0 Å². The molecule has 1 aliphatic heterocycles. The van der Waals surface area contributed by atoms with Gasteiger partial charge >= 0.3 is 6.03 Å². The summed E-state index contributed by atoms with van der Waals surface area (Å²) < 4.78 is 26.8. The molecule has 0 radical (unpaired) electrons. The van der Waals surface area contributed by atoms with E-state index in [1.54, 1.807) is 4.90 Å². The molecule has 0 spiro atoms. The Hall–Kier alpha value is -1.69. The lowest BCUT2D eigenvalue weighted by Crippen LogP contribution is -2.53. The van der Waals surface area contributed by atoms with Crippen LogP contribution in [0.5, 0.6) is 0 Å². The molecule has 1 aliphatic rings. The maximum atomic E-state index is 13.8. The van der Waals surface area contributed by atoms with E-state index in [4.69, 9.17) is 0 Å². The zero-order valence-corrected chi connectivity index (χ0v) is 13.8. The summed E-state index contributed by atoms with van der Waals surface area (Å²) in [6.45, 7) is 5.23. The lowest BCUT2D eigenvalue weighted by molar-refractivity contribution is 0.0502. The zero-order chi connectivity index (χ0) is 17.2. The third kappa shape index (κ3) is 3.99. The second kappa shape index (κ2) is 6.83. The number of piperidine rings is 1. The number of hydrogen-bond acceptors (Lipinski definition) is 2. The van der Waals surface area contributed by atoms with Gasteiger partial charge < -0.3 is 15.3 Å². The average Bonchev–Trinajstić information content (AvgIpc) is 2.44. The largest absolute Gasteiger partial charge is 0.383 e. The summed E-state index contributed by atoms with van der Waals surface area (Å²) in [6.07, 6.45) is 2.98. The molecule has 1 fully saturated rings. The molecule has 1 aromatic carbocycles. The molecule has 2 amide bonds. The molecule has 3 atom stereocenters. The molecule has 4 nitrogen and oxygen atoms in total. The summed E-state index contributed by atoms with van der Waals surface area (Å²) in [6, 6.07) is 3.00. The molecule has 1 aromatic rings. The van der Waals surface area contributed by atoms with Crippen LogP contribution in [0.2, 0.25) is 0 Å². The second-order valence-corrected chi connectivity index (χ2v) is 6.59. The molecule has 1 heterocycles. The van der Waals surface area contributed by atoms with Crippen LogP contribution in [-0.2, 0) is 5.60 Å². The predicted molar refractivity (Wildman–Crippen MR) is 83.9 cm³/mol. The molecule has 3 unspecified atom stereocenters. The van der Waals surface area contributed by atoms with Gasteiger partial charge in [-0.05, 0) is 46.1 Å². The number of rotatable bonds is 3. The fraction of sp³-hybridized carbons (Fsp3) is 0.588. The maximum absolute atomic E-state index is 13.8. The number of carbonyl (C=O) groups excluding carboxylic acids is 1. The normalized spacial score (nSPS) is 24.2. The van der Waals surface area contributed by atoms with Gasteiger partial charge in [0, 0.05) is 23.7 Å². The van der Waals surface area contributed by atoms with Crippen molar-refractivity contribution in [3.8, 4) is 0 Å². The van der Waals surface area contributed by atoms with Crippen LogP contribution in [0, 0.1) is 11.6 Å². The zero-order valence-electron chi connectivity index (χ0n) is 13.8. The number of hydrogen-bond donors (Lipinski definition) is 2. The van der Waals surface area contributed by atoms with Crippen molar-refractivity contribution in [2.75, 3.05) is 6.54 Å². The van der Waals surface area contributed by atoms with E-state index in [0.29, 0.717) is 0 Å². The number of nitrogens with one attached hydrogen (secondary N) is 1. The summed E-state index contributed by atoms with van der Waals surface area (Å²) in [5.41, 5.74) is -1.66. The van der Waals surface area contributed by atoms with Crippen LogP contribution in [0.4, 0.5) is 13.6 Å². The highest BCUT2D eigenvalue weighted by molar-refractivity contribution is 5.75. The summed E-state index contributed by atoms with van der Waals surface area (Å²) >= 11 is 0. The van der Waals surface area contributed by atoms with Crippen molar-refractivity contribution in [1.82, 2.24) is 10.2 Å². The van der Waals surface area contributed by atoms with Crippen molar-refractivity contribution >= 4 is 6.03 Å². The van der Waals surface area contributed by atoms with E-state index in [9.17, 15) is 18.7 Å². The smallest absolute Gasteiger partial charge is 0.317 e. The standard InChI is InChI=1S/C17H24F2N2O2/c1-11-5-4-6-12(2)21(11)16(22)20-10-17(3,23)14-8-7-13(18)9-15(14)19/h7-9,11-12,23H,4-6,10H2,1-3H3,(H,20,22). The number of halogens is 2. The Morgan fingerprint density at radius 3 is 2.52 bits per heavy atom. The first-order valence-corrected chi connectivity index (χ1v) is 7.96. The molecule has 1 saturated heterocycles. The highest BCUT2D eigenvalue weighted by Crippen LogP contribution is 2.25. The van der Waals surface area contributed by atoms with Gasteiger partial charge in [-0.2, -0.15) is 0 Å². The number of nitrogens with zero attached hydrogens (tertiary/aromatic N) is 1. The van der Waals surface area contributed by atoms with E-state index < -0.39 is 17.2 Å². The molecule has 6 heteroatoms. The van der Waals surface area contributed by atoms with Gasteiger partial charge in [-0.15, -0.1) is 0 Å². The number of carbonyl (C=O) groups is 1. The Morgan fingerprint density at radius 1 is 1.35 bits per heavy atom. The molecule has 0 bridgehead atoms. The summed E-state index contributed by atoms with van der Waals surface area (Å²) in [5.74, 6) is -1.54. The minimum atomic E-state index is -1.62. The summed E-state index contributed by atoms with van der Waals surface area (Å²) in [7, 11) is 0. The van der Waals surface area contributed by atoms with Crippen LogP contribution >= 0.6 is 0 Å². The van der Waals surface area contributed by atoms with Crippen molar-refractivity contribution in [1.29, 1.82) is 0 Å². The Kier molecular flexibility index (Phi) is 5.24. The minimum absolute atomic E-state index is 0.0426. The quantitative estimate of drug-likeness (QED) is 0.896. The van der Waals surface area contributed by atoms with E-state index in [-0.39, 0.29) is 30.2 Å².